The van der Waals surface area contributed by atoms with E-state index in [0.717, 1.165) is 5.56 Å². The van der Waals surface area contributed by atoms with Gasteiger partial charge in [0.15, 0.2) is 0 Å². The van der Waals surface area contributed by atoms with Crippen LogP contribution < -0.4 is 9.62 Å². The summed E-state index contributed by atoms with van der Waals surface area (Å²) in [7, 11) is -5.68. The lowest BCUT2D eigenvalue weighted by Gasteiger charge is -2.24. The molecule has 1 heterocycles. The summed E-state index contributed by atoms with van der Waals surface area (Å²) in [5.74, 6) is 0.128. The molecule has 3 aromatic rings. The van der Waals surface area contributed by atoms with E-state index in [1.807, 2.05) is 56.0 Å². The first kappa shape index (κ1) is 25.1. The summed E-state index contributed by atoms with van der Waals surface area (Å²) in [6, 6.07) is 13.8. The zero-order valence-corrected chi connectivity index (χ0v) is 19.5. The molecule has 0 saturated heterocycles. The predicted molar refractivity (Wildman–Crippen MR) is 123 cm³/mol. The highest BCUT2D eigenvalue weighted by atomic mass is 32.2. The maximum absolute atomic E-state index is 13.1. The van der Waals surface area contributed by atoms with E-state index in [4.69, 9.17) is 0 Å². The van der Waals surface area contributed by atoms with Crippen LogP contribution in [0, 0.1) is 0 Å². The Morgan fingerprint density at radius 1 is 1.12 bits per heavy atom. The smallest absolute Gasteiger partial charge is 0.367 e. The molecule has 0 fully saturated rings. The molecule has 1 aromatic heterocycles. The molecule has 0 radical (unpaired) electrons. The summed E-state index contributed by atoms with van der Waals surface area (Å²) in [5.41, 5.74) is -4.47. The Bertz CT molecular complexity index is 1240. The van der Waals surface area contributed by atoms with Crippen LogP contribution in [-0.4, -0.2) is 35.2 Å². The van der Waals surface area contributed by atoms with E-state index in [9.17, 15) is 21.6 Å². The van der Waals surface area contributed by atoms with Gasteiger partial charge in [-0.15, -0.1) is 20.4 Å². The molecular weight excluding hydrogens is 471 g/mol. The second-order valence-corrected chi connectivity index (χ2v) is 9.26. The van der Waals surface area contributed by atoms with Crippen LogP contribution in [0.25, 0.3) is 0 Å². The third kappa shape index (κ3) is 5.90. The van der Waals surface area contributed by atoms with E-state index in [1.165, 1.54) is 18.5 Å². The third-order valence-corrected chi connectivity index (χ3v) is 5.95. The number of nitrogens with one attached hydrogen (secondary N) is 1. The summed E-state index contributed by atoms with van der Waals surface area (Å²) in [6.07, 6.45) is 1.44. The van der Waals surface area contributed by atoms with Gasteiger partial charge in [-0.25, -0.2) is 0 Å². The van der Waals surface area contributed by atoms with Crippen LogP contribution >= 0.6 is 0 Å². The predicted octanol–water partition coefficient (Wildman–Crippen LogP) is 5.56. The molecule has 0 unspecified atom stereocenters. The van der Waals surface area contributed by atoms with Gasteiger partial charge in [-0.2, -0.15) is 21.6 Å². The minimum atomic E-state index is -5.68. The fourth-order valence-electron chi connectivity index (χ4n) is 3.05. The molecule has 34 heavy (non-hydrogen) atoms. The van der Waals surface area contributed by atoms with Crippen molar-refractivity contribution in [2.75, 3.05) is 16.2 Å². The van der Waals surface area contributed by atoms with Gasteiger partial charge < -0.3 is 4.90 Å². The van der Waals surface area contributed by atoms with Gasteiger partial charge in [-0.3, -0.25) is 9.29 Å². The number of sulfonamides is 1. The summed E-state index contributed by atoms with van der Waals surface area (Å²) < 4.78 is 66.1. The number of rotatable bonds is 9. The Morgan fingerprint density at radius 2 is 1.82 bits per heavy atom. The number of hydrogen-bond donors (Lipinski definition) is 1. The van der Waals surface area contributed by atoms with Crippen LogP contribution in [0.4, 0.5) is 36.2 Å². The fraction of sp³-hybridized carbons (Fsp3) is 0.333. The lowest BCUT2D eigenvalue weighted by atomic mass is 10.2. The van der Waals surface area contributed by atoms with Gasteiger partial charge in [0.2, 0.25) is 0 Å². The van der Waals surface area contributed by atoms with Crippen LogP contribution in [-0.2, 0) is 16.6 Å². The van der Waals surface area contributed by atoms with Crippen LogP contribution in [0.5, 0.6) is 0 Å². The highest BCUT2D eigenvalue weighted by Gasteiger charge is 2.46. The maximum atomic E-state index is 13.1. The van der Waals surface area contributed by atoms with Gasteiger partial charge >= 0.3 is 15.5 Å². The van der Waals surface area contributed by atoms with E-state index >= 15 is 0 Å². The van der Waals surface area contributed by atoms with Gasteiger partial charge in [-0.05, 0) is 44.5 Å². The van der Waals surface area contributed by atoms with Crippen molar-refractivity contribution in [2.24, 2.45) is 10.2 Å². The second-order valence-electron chi connectivity index (χ2n) is 7.58. The largest absolute Gasteiger partial charge is 0.516 e. The van der Waals surface area contributed by atoms with Crippen molar-refractivity contribution >= 4 is 33.0 Å². The number of benzene rings is 2. The van der Waals surface area contributed by atoms with Crippen molar-refractivity contribution < 1.29 is 21.6 Å². The molecule has 9 nitrogen and oxygen atoms in total. The van der Waals surface area contributed by atoms with Crippen molar-refractivity contribution in [3.8, 4) is 0 Å². The van der Waals surface area contributed by atoms with Crippen molar-refractivity contribution in [2.45, 2.75) is 38.9 Å². The van der Waals surface area contributed by atoms with Crippen LogP contribution in [0.2, 0.25) is 0 Å². The Labute approximate surface area is 195 Å². The number of aromatic nitrogens is 3. The molecule has 13 heteroatoms. The third-order valence-electron chi connectivity index (χ3n) is 4.85. The first-order valence-corrected chi connectivity index (χ1v) is 11.8. The first-order chi connectivity index (χ1) is 16.0. The normalized spacial score (nSPS) is 12.4. The molecule has 0 spiro atoms. The van der Waals surface area contributed by atoms with Crippen LogP contribution in [0.3, 0.4) is 0 Å². The number of anilines is 2. The minimum absolute atomic E-state index is 0.0365. The SMILES string of the molecule is CCN(Cc1ccccc1)c1ccc(N=Nc2nncn2C(C)C)c(NS(=O)(=O)C(F)(F)F)c1. The fourth-order valence-corrected chi connectivity index (χ4v) is 3.62. The molecular formula is C21H24F3N7O2S. The molecule has 0 aliphatic carbocycles. The molecule has 182 valence electrons. The van der Waals surface area contributed by atoms with Gasteiger partial charge in [0.25, 0.3) is 5.95 Å². The van der Waals surface area contributed by atoms with Crippen molar-refractivity contribution in [1.82, 2.24) is 14.8 Å². The van der Waals surface area contributed by atoms with E-state index in [2.05, 4.69) is 20.4 Å². The number of alkyl halides is 3. The van der Waals surface area contributed by atoms with Gasteiger partial charge in [0.05, 0.1) is 5.69 Å². The molecule has 0 saturated carbocycles. The van der Waals surface area contributed by atoms with Crippen LogP contribution in [0.15, 0.2) is 65.1 Å². The summed E-state index contributed by atoms with van der Waals surface area (Å²) in [6.45, 7) is 6.62. The Hall–Kier alpha value is -3.48. The quantitative estimate of drug-likeness (QED) is 0.391. The van der Waals surface area contributed by atoms with E-state index in [-0.39, 0.29) is 23.4 Å². The standard InChI is InChI=1S/C21H24F3N7O2S/c1-4-30(13-16-8-6-5-7-9-16)17-10-11-18(19(12-17)29-34(32,33)21(22,23)24)26-28-20-27-25-14-31(20)15(2)3/h5-12,14-15,29H,4,13H2,1-3H3. The molecule has 2 aromatic carbocycles. The summed E-state index contributed by atoms with van der Waals surface area (Å²) >= 11 is 0. The second kappa shape index (κ2) is 10.2. The number of nitrogens with zero attached hydrogens (tertiary/aromatic N) is 6. The number of azo groups is 1. The van der Waals surface area contributed by atoms with E-state index in [1.54, 1.807) is 15.4 Å². The maximum Gasteiger partial charge on any atom is 0.516 e. The topological polar surface area (TPSA) is 105 Å². The summed E-state index contributed by atoms with van der Waals surface area (Å²) in [4.78, 5) is 1.89. The van der Waals surface area contributed by atoms with E-state index in [0.29, 0.717) is 18.8 Å². The number of halogens is 3. The molecule has 0 amide bonds. The Morgan fingerprint density at radius 3 is 2.44 bits per heavy atom. The first-order valence-electron chi connectivity index (χ1n) is 10.3. The molecule has 0 atom stereocenters. The highest BCUT2D eigenvalue weighted by Crippen LogP contribution is 2.35. The number of hydrogen-bond acceptors (Lipinski definition) is 7. The molecule has 0 aliphatic heterocycles. The van der Waals surface area contributed by atoms with E-state index < -0.39 is 15.5 Å². The molecule has 0 bridgehead atoms. The highest BCUT2D eigenvalue weighted by molar-refractivity contribution is 7.93. The van der Waals surface area contributed by atoms with Crippen LogP contribution in [0.1, 0.15) is 32.4 Å². The average Bonchev–Trinajstić information content (AvgIpc) is 3.25. The van der Waals surface area contributed by atoms with Crippen molar-refractivity contribution in [1.29, 1.82) is 0 Å². The Balaban J connectivity index is 2.01. The zero-order valence-electron chi connectivity index (χ0n) is 18.7. The lowest BCUT2D eigenvalue weighted by molar-refractivity contribution is -0.0429. The van der Waals surface area contributed by atoms with Crippen molar-refractivity contribution in [3.05, 3.63) is 60.4 Å². The van der Waals surface area contributed by atoms with Gasteiger partial charge in [-0.1, -0.05) is 30.3 Å². The Kier molecular flexibility index (Phi) is 7.54. The van der Waals surface area contributed by atoms with Crippen molar-refractivity contribution in [3.63, 3.8) is 0 Å². The lowest BCUT2D eigenvalue weighted by Crippen LogP contribution is -2.30. The molecule has 3 rings (SSSR count). The average molecular weight is 496 g/mol. The monoisotopic (exact) mass is 495 g/mol. The zero-order chi connectivity index (χ0) is 24.9. The minimum Gasteiger partial charge on any atom is -0.367 e. The summed E-state index contributed by atoms with van der Waals surface area (Å²) in [5, 5.41) is 15.5. The molecule has 1 N–H and O–H groups in total. The molecule has 0 aliphatic rings. The van der Waals surface area contributed by atoms with Gasteiger partial charge in [0.1, 0.15) is 12.0 Å². The van der Waals surface area contributed by atoms with Gasteiger partial charge in [0, 0.05) is 24.8 Å².